The summed E-state index contributed by atoms with van der Waals surface area (Å²) in [5.74, 6) is -1.22. The Balaban J connectivity index is 2.82. The lowest BCUT2D eigenvalue weighted by Crippen LogP contribution is -2.34. The van der Waals surface area contributed by atoms with E-state index in [1.165, 1.54) is 30.2 Å². The van der Waals surface area contributed by atoms with E-state index in [9.17, 15) is 9.59 Å². The molecule has 0 saturated carbocycles. The van der Waals surface area contributed by atoms with Gasteiger partial charge in [0.25, 0.3) is 0 Å². The Morgan fingerprint density at radius 1 is 1.52 bits per heavy atom. The van der Waals surface area contributed by atoms with Crippen molar-refractivity contribution in [1.29, 1.82) is 5.26 Å². The topological polar surface area (TPSA) is 103 Å². The van der Waals surface area contributed by atoms with Crippen LogP contribution in [0.2, 0.25) is 0 Å². The van der Waals surface area contributed by atoms with Gasteiger partial charge in [-0.15, -0.1) is 0 Å². The van der Waals surface area contributed by atoms with E-state index < -0.39 is 5.97 Å². The van der Waals surface area contributed by atoms with E-state index in [0.717, 1.165) is 0 Å². The Labute approximate surface area is 122 Å². The summed E-state index contributed by atoms with van der Waals surface area (Å²) in [4.78, 5) is 24.3. The molecule has 0 aliphatic carbocycles. The number of benzene rings is 1. The van der Waals surface area contributed by atoms with Crippen LogP contribution in [-0.2, 0) is 0 Å². The first-order valence-corrected chi connectivity index (χ1v) is 6.22. The second-order valence-corrected chi connectivity index (χ2v) is 4.56. The summed E-state index contributed by atoms with van der Waals surface area (Å²) < 4.78 is 4.98. The van der Waals surface area contributed by atoms with Gasteiger partial charge in [0, 0.05) is 25.3 Å². The third-order valence-electron chi connectivity index (χ3n) is 2.80. The highest BCUT2D eigenvalue weighted by Crippen LogP contribution is 2.23. The van der Waals surface area contributed by atoms with E-state index in [1.54, 1.807) is 14.0 Å². The lowest BCUT2D eigenvalue weighted by molar-refractivity contribution is 0.0693. The van der Waals surface area contributed by atoms with Gasteiger partial charge in [0.1, 0.15) is 11.3 Å². The van der Waals surface area contributed by atoms with E-state index in [-0.39, 0.29) is 23.3 Å². The number of carbonyl (C=O) groups excluding carboxylic acids is 1. The van der Waals surface area contributed by atoms with Gasteiger partial charge in [-0.25, -0.2) is 9.59 Å². The molecule has 1 atom stereocenters. The van der Waals surface area contributed by atoms with Crippen LogP contribution >= 0.6 is 0 Å². The van der Waals surface area contributed by atoms with Crippen molar-refractivity contribution in [2.24, 2.45) is 5.92 Å². The Kier molecular flexibility index (Phi) is 5.55. The first kappa shape index (κ1) is 16.3. The summed E-state index contributed by atoms with van der Waals surface area (Å²) in [6.45, 7) is 2.02. The fourth-order valence-corrected chi connectivity index (χ4v) is 1.70. The number of methoxy groups -OCH3 is 1. The Morgan fingerprint density at radius 3 is 2.71 bits per heavy atom. The number of carbonyl (C=O) groups is 2. The summed E-state index contributed by atoms with van der Waals surface area (Å²) in [6.07, 6.45) is 0. The molecule has 1 rings (SSSR count). The number of hydrogen-bond acceptors (Lipinski definition) is 4. The van der Waals surface area contributed by atoms with Gasteiger partial charge in [-0.1, -0.05) is 0 Å². The van der Waals surface area contributed by atoms with Crippen LogP contribution in [0.1, 0.15) is 17.3 Å². The Bertz CT molecular complexity index is 580. The fourth-order valence-electron chi connectivity index (χ4n) is 1.70. The van der Waals surface area contributed by atoms with Crippen molar-refractivity contribution in [3.63, 3.8) is 0 Å². The highest BCUT2D eigenvalue weighted by Gasteiger charge is 2.15. The minimum Gasteiger partial charge on any atom is -0.496 e. The van der Waals surface area contributed by atoms with Crippen LogP contribution in [-0.4, -0.2) is 42.7 Å². The van der Waals surface area contributed by atoms with Crippen molar-refractivity contribution in [2.45, 2.75) is 6.92 Å². The van der Waals surface area contributed by atoms with Crippen LogP contribution in [0.4, 0.5) is 10.5 Å². The molecule has 1 aromatic rings. The minimum atomic E-state index is -1.11. The third-order valence-corrected chi connectivity index (χ3v) is 2.80. The first-order valence-electron chi connectivity index (χ1n) is 6.22. The smallest absolute Gasteiger partial charge is 0.339 e. The van der Waals surface area contributed by atoms with E-state index in [1.807, 2.05) is 6.07 Å². The molecule has 0 aromatic heterocycles. The molecule has 0 radical (unpaired) electrons. The van der Waals surface area contributed by atoms with Crippen molar-refractivity contribution >= 4 is 17.7 Å². The predicted octanol–water partition coefficient (Wildman–Crippen LogP) is 2.02. The highest BCUT2D eigenvalue weighted by atomic mass is 16.5. The number of aromatic carboxylic acids is 1. The molecule has 0 aliphatic rings. The molecule has 7 nitrogen and oxygen atoms in total. The first-order chi connectivity index (χ1) is 9.88. The summed E-state index contributed by atoms with van der Waals surface area (Å²) in [5, 5.41) is 20.3. The number of ether oxygens (including phenoxy) is 1. The largest absolute Gasteiger partial charge is 0.496 e. The molecular formula is C14H17N3O4. The van der Waals surface area contributed by atoms with Crippen molar-refractivity contribution < 1.29 is 19.4 Å². The molecule has 2 amide bonds. The SMILES string of the molecule is COc1cc(NC(=O)N(C)CC(C)C#N)ccc1C(=O)O. The lowest BCUT2D eigenvalue weighted by atomic mass is 10.2. The zero-order chi connectivity index (χ0) is 16.0. The average Bonchev–Trinajstić information content (AvgIpc) is 2.46. The predicted molar refractivity (Wildman–Crippen MR) is 76.4 cm³/mol. The molecule has 1 unspecified atom stereocenters. The zero-order valence-electron chi connectivity index (χ0n) is 12.1. The standard InChI is InChI=1S/C14H17N3O4/c1-9(7-15)8-17(2)14(20)16-10-4-5-11(13(18)19)12(6-10)21-3/h4-6,9H,8H2,1-3H3,(H,16,20)(H,18,19). The second kappa shape index (κ2) is 7.14. The summed E-state index contributed by atoms with van der Waals surface area (Å²) in [6, 6.07) is 5.93. The number of rotatable bonds is 5. The van der Waals surface area contributed by atoms with E-state index >= 15 is 0 Å². The molecule has 0 fully saturated rings. The number of carboxylic acid groups (broad SMARTS) is 1. The normalized spacial score (nSPS) is 11.1. The molecule has 0 spiro atoms. The van der Waals surface area contributed by atoms with Crippen LogP contribution in [0.15, 0.2) is 18.2 Å². The molecule has 0 heterocycles. The second-order valence-electron chi connectivity index (χ2n) is 4.56. The third kappa shape index (κ3) is 4.38. The quantitative estimate of drug-likeness (QED) is 0.863. The van der Waals surface area contributed by atoms with Crippen molar-refractivity contribution in [2.75, 3.05) is 26.0 Å². The van der Waals surface area contributed by atoms with Gasteiger partial charge >= 0.3 is 12.0 Å². The summed E-state index contributed by atoms with van der Waals surface area (Å²) in [5.41, 5.74) is 0.431. The monoisotopic (exact) mass is 291 g/mol. The number of amides is 2. The van der Waals surface area contributed by atoms with Gasteiger partial charge in [0.15, 0.2) is 0 Å². The Hall–Kier alpha value is -2.75. The average molecular weight is 291 g/mol. The van der Waals surface area contributed by atoms with Gasteiger partial charge in [0.05, 0.1) is 19.1 Å². The van der Waals surface area contributed by atoms with E-state index in [4.69, 9.17) is 15.1 Å². The van der Waals surface area contributed by atoms with Crippen LogP contribution in [0, 0.1) is 17.2 Å². The van der Waals surface area contributed by atoms with Gasteiger partial charge in [-0.05, 0) is 19.1 Å². The van der Waals surface area contributed by atoms with Crippen LogP contribution in [0.25, 0.3) is 0 Å². The van der Waals surface area contributed by atoms with Crippen LogP contribution < -0.4 is 10.1 Å². The number of nitriles is 1. The number of hydrogen-bond donors (Lipinski definition) is 2. The molecule has 112 valence electrons. The van der Waals surface area contributed by atoms with Gasteiger partial charge in [0.2, 0.25) is 0 Å². The maximum Gasteiger partial charge on any atom is 0.339 e. The fraction of sp³-hybridized carbons (Fsp3) is 0.357. The molecule has 1 aromatic carbocycles. The Morgan fingerprint density at radius 2 is 2.19 bits per heavy atom. The zero-order valence-corrected chi connectivity index (χ0v) is 12.1. The number of nitrogens with zero attached hydrogens (tertiary/aromatic N) is 2. The van der Waals surface area contributed by atoms with Gasteiger partial charge in [-0.3, -0.25) is 0 Å². The molecule has 0 aliphatic heterocycles. The van der Waals surface area contributed by atoms with Gasteiger partial charge in [-0.2, -0.15) is 5.26 Å². The minimum absolute atomic E-state index is 0.0157. The van der Waals surface area contributed by atoms with Crippen molar-refractivity contribution in [3.05, 3.63) is 23.8 Å². The maximum atomic E-state index is 11.9. The number of carboxylic acids is 1. The van der Waals surface area contributed by atoms with E-state index in [0.29, 0.717) is 12.2 Å². The molecule has 0 bridgehead atoms. The van der Waals surface area contributed by atoms with E-state index in [2.05, 4.69) is 5.32 Å². The summed E-state index contributed by atoms with van der Waals surface area (Å²) >= 11 is 0. The molecule has 7 heteroatoms. The highest BCUT2D eigenvalue weighted by molar-refractivity contribution is 5.94. The number of urea groups is 1. The summed E-state index contributed by atoms with van der Waals surface area (Å²) in [7, 11) is 2.93. The molecule has 21 heavy (non-hydrogen) atoms. The van der Waals surface area contributed by atoms with Crippen LogP contribution in [0.5, 0.6) is 5.75 Å². The van der Waals surface area contributed by atoms with Crippen LogP contribution in [0.3, 0.4) is 0 Å². The maximum absolute atomic E-state index is 11.9. The molecular weight excluding hydrogens is 274 g/mol. The number of nitrogens with one attached hydrogen (secondary N) is 1. The van der Waals surface area contributed by atoms with Crippen molar-refractivity contribution in [1.82, 2.24) is 4.90 Å². The molecule has 0 saturated heterocycles. The number of anilines is 1. The lowest BCUT2D eigenvalue weighted by Gasteiger charge is -2.19. The van der Waals surface area contributed by atoms with Gasteiger partial charge < -0.3 is 20.1 Å². The molecule has 2 N–H and O–H groups in total. The van der Waals surface area contributed by atoms with Crippen molar-refractivity contribution in [3.8, 4) is 11.8 Å².